The molecule has 0 aliphatic carbocycles. The van der Waals surface area contributed by atoms with E-state index >= 15 is 0 Å². The van der Waals surface area contributed by atoms with Gasteiger partial charge in [-0.15, -0.1) is 0 Å². The van der Waals surface area contributed by atoms with Crippen LogP contribution < -0.4 is 10.1 Å². The lowest BCUT2D eigenvalue weighted by molar-refractivity contribution is -0.137. The van der Waals surface area contributed by atoms with Crippen molar-refractivity contribution in [1.82, 2.24) is 35.1 Å². The second-order valence-corrected chi connectivity index (χ2v) is 15.5. The molecule has 2 saturated heterocycles. The molecule has 6 heterocycles. The van der Waals surface area contributed by atoms with E-state index in [4.69, 9.17) is 24.2 Å². The van der Waals surface area contributed by atoms with Gasteiger partial charge in [0, 0.05) is 42.3 Å². The SMILES string of the molecule is COC(=O)N[C@H]1COCCCCOc2cc(C#Cc3cc4c5nc([nH]c5c3)[C@@H]3CCCN3C(=O)[C@@H](C)CCCCC4)ccc2-c2cnc([nH]2)[C@@H]2CCCN2C1=O. The van der Waals surface area contributed by atoms with Gasteiger partial charge in [0.15, 0.2) is 0 Å². The summed E-state index contributed by atoms with van der Waals surface area (Å²) in [7, 11) is 1.28. The molecule has 4 aromatic rings. The van der Waals surface area contributed by atoms with Crippen molar-refractivity contribution in [1.29, 1.82) is 0 Å². The van der Waals surface area contributed by atoms with Gasteiger partial charge < -0.3 is 39.3 Å². The van der Waals surface area contributed by atoms with E-state index in [9.17, 15) is 14.4 Å². The van der Waals surface area contributed by atoms with Gasteiger partial charge in [-0.25, -0.2) is 14.8 Å². The highest BCUT2D eigenvalue weighted by Gasteiger charge is 2.37. The second-order valence-electron chi connectivity index (χ2n) is 15.5. The number of amides is 3. The first-order valence-electron chi connectivity index (χ1n) is 20.3. The number of fused-ring (bicyclic) bond motifs is 9. The minimum Gasteiger partial charge on any atom is -0.493 e. The molecule has 4 atom stereocenters. The molecule has 0 spiro atoms. The summed E-state index contributed by atoms with van der Waals surface area (Å²) in [6.07, 6.45) is 11.0. The van der Waals surface area contributed by atoms with Crippen molar-refractivity contribution in [3.63, 3.8) is 0 Å². The van der Waals surface area contributed by atoms with Crippen LogP contribution in [0.5, 0.6) is 5.75 Å². The van der Waals surface area contributed by atoms with E-state index in [1.807, 2.05) is 23.1 Å². The maximum absolute atomic E-state index is 13.7. The van der Waals surface area contributed by atoms with Crippen LogP contribution in [-0.4, -0.2) is 93.7 Å². The zero-order valence-corrected chi connectivity index (χ0v) is 32.3. The monoisotopic (exact) mass is 761 g/mol. The first kappa shape index (κ1) is 37.6. The summed E-state index contributed by atoms with van der Waals surface area (Å²) in [6, 6.07) is 9.09. The number of aromatic amines is 2. The maximum Gasteiger partial charge on any atom is 0.407 e. The zero-order chi connectivity index (χ0) is 38.6. The lowest BCUT2D eigenvalue weighted by Gasteiger charge is -2.28. The lowest BCUT2D eigenvalue weighted by Crippen LogP contribution is -2.50. The van der Waals surface area contributed by atoms with Crippen molar-refractivity contribution in [2.45, 2.75) is 95.7 Å². The Morgan fingerprint density at radius 2 is 1.66 bits per heavy atom. The molecule has 2 fully saturated rings. The molecule has 0 unspecified atom stereocenters. The number of aromatic nitrogens is 4. The number of ether oxygens (including phenoxy) is 3. The third kappa shape index (κ3) is 7.98. The minimum absolute atomic E-state index is 0.0186. The van der Waals surface area contributed by atoms with Gasteiger partial charge >= 0.3 is 6.09 Å². The second kappa shape index (κ2) is 16.8. The third-order valence-electron chi connectivity index (χ3n) is 11.6. The number of hydrogen-bond acceptors (Lipinski definition) is 8. The maximum atomic E-state index is 13.7. The molecule has 8 rings (SSSR count). The summed E-state index contributed by atoms with van der Waals surface area (Å²) < 4.78 is 17.1. The van der Waals surface area contributed by atoms with Gasteiger partial charge in [-0.2, -0.15) is 0 Å². The Labute approximate surface area is 327 Å². The van der Waals surface area contributed by atoms with E-state index in [2.05, 4.69) is 46.2 Å². The van der Waals surface area contributed by atoms with Crippen molar-refractivity contribution in [3.8, 4) is 28.8 Å². The smallest absolute Gasteiger partial charge is 0.407 e. The lowest BCUT2D eigenvalue weighted by atomic mass is 9.98. The summed E-state index contributed by atoms with van der Waals surface area (Å²) in [5.41, 5.74) is 6.50. The molecule has 294 valence electrons. The van der Waals surface area contributed by atoms with Gasteiger partial charge in [-0.3, -0.25) is 9.59 Å². The molecule has 4 aliphatic rings. The fraction of sp³-hybridized carbons (Fsp3) is 0.512. The highest BCUT2D eigenvalue weighted by molar-refractivity contribution is 5.86. The summed E-state index contributed by atoms with van der Waals surface area (Å²) in [5.74, 6) is 9.14. The summed E-state index contributed by atoms with van der Waals surface area (Å²) in [4.78, 5) is 59.9. The zero-order valence-electron chi connectivity index (χ0n) is 32.3. The van der Waals surface area contributed by atoms with E-state index in [-0.39, 0.29) is 36.4 Å². The number of carbonyl (C=O) groups is 3. The Bertz CT molecular complexity index is 2150. The number of imidazole rings is 2. The van der Waals surface area contributed by atoms with Gasteiger partial charge in [0.2, 0.25) is 11.8 Å². The topological polar surface area (TPSA) is 155 Å². The molecule has 0 radical (unpaired) electrons. The number of rotatable bonds is 1. The molecule has 3 N–H and O–H groups in total. The van der Waals surface area contributed by atoms with Crippen molar-refractivity contribution in [2.24, 2.45) is 5.92 Å². The number of H-pyrrole nitrogens is 2. The molecular weight excluding hydrogens is 711 g/mol. The normalized spacial score (nSPS) is 23.5. The number of nitrogens with one attached hydrogen (secondary N) is 3. The Morgan fingerprint density at radius 1 is 0.875 bits per heavy atom. The van der Waals surface area contributed by atoms with Gasteiger partial charge in [-0.05, 0) is 93.7 Å². The molecule has 3 amide bonds. The third-order valence-corrected chi connectivity index (χ3v) is 11.6. The predicted molar refractivity (Wildman–Crippen MR) is 210 cm³/mol. The van der Waals surface area contributed by atoms with Crippen LogP contribution in [0.25, 0.3) is 22.3 Å². The van der Waals surface area contributed by atoms with Gasteiger partial charge in [0.05, 0.1) is 55.3 Å². The Hall–Kier alpha value is -5.35. The van der Waals surface area contributed by atoms with Gasteiger partial charge in [0.25, 0.3) is 0 Å². The summed E-state index contributed by atoms with van der Waals surface area (Å²) in [6.45, 7) is 4.33. The largest absolute Gasteiger partial charge is 0.493 e. The van der Waals surface area contributed by atoms with Crippen molar-refractivity contribution >= 4 is 28.9 Å². The Morgan fingerprint density at radius 3 is 2.50 bits per heavy atom. The van der Waals surface area contributed by atoms with Crippen LogP contribution in [0.2, 0.25) is 0 Å². The number of aryl methyl sites for hydroxylation is 1. The molecule has 2 aromatic carbocycles. The highest BCUT2D eigenvalue weighted by atomic mass is 16.5. The predicted octanol–water partition coefficient (Wildman–Crippen LogP) is 6.35. The summed E-state index contributed by atoms with van der Waals surface area (Å²) in [5, 5.41) is 2.65. The van der Waals surface area contributed by atoms with E-state index in [0.717, 1.165) is 110 Å². The summed E-state index contributed by atoms with van der Waals surface area (Å²) >= 11 is 0. The molecular formula is C43H51N7O6. The molecule has 13 heteroatoms. The van der Waals surface area contributed by atoms with Crippen LogP contribution in [0.1, 0.15) is 112 Å². The fourth-order valence-electron chi connectivity index (χ4n) is 8.60. The van der Waals surface area contributed by atoms with E-state index < -0.39 is 12.1 Å². The van der Waals surface area contributed by atoms with E-state index in [0.29, 0.717) is 37.8 Å². The average molecular weight is 762 g/mol. The molecule has 13 nitrogen and oxygen atoms in total. The standard InChI is InChI=1S/C43H51N7O6/c1-27-10-4-3-5-11-30-22-29(23-32-38(30)48-40(45-32)36-13-9-18-49(36)41(27)51)15-14-28-16-17-31-33-25-44-39(46-33)35-12-8-19-50(35)42(52)34(47-43(53)54-2)26-55-20-6-7-21-56-37(31)24-28/h16-17,22-25,27,34-36H,3-13,18-21,26H2,1-2H3,(H,44,46)(H,45,48)(H,47,53)/t27-,34-,35-,36-/m0/s1. The number of nitrogens with zero attached hydrogens (tertiary/aromatic N) is 4. The number of carbonyl (C=O) groups excluding carboxylic acids is 3. The van der Waals surface area contributed by atoms with Crippen LogP contribution in [0.3, 0.4) is 0 Å². The molecule has 56 heavy (non-hydrogen) atoms. The van der Waals surface area contributed by atoms with E-state index in [1.165, 1.54) is 12.7 Å². The number of methoxy groups -OCH3 is 1. The van der Waals surface area contributed by atoms with Crippen LogP contribution in [0, 0.1) is 17.8 Å². The first-order chi connectivity index (χ1) is 27.4. The molecule has 4 bridgehead atoms. The van der Waals surface area contributed by atoms with Gasteiger partial charge in [0.1, 0.15) is 23.4 Å². The van der Waals surface area contributed by atoms with E-state index in [1.54, 1.807) is 11.1 Å². The van der Waals surface area contributed by atoms with Crippen molar-refractivity contribution in [2.75, 3.05) is 40.0 Å². The molecule has 2 aromatic heterocycles. The van der Waals surface area contributed by atoms with Crippen LogP contribution in [-0.2, 0) is 25.5 Å². The number of hydrogen-bond donors (Lipinski definition) is 3. The van der Waals surface area contributed by atoms with Gasteiger partial charge in [-0.1, -0.05) is 31.6 Å². The van der Waals surface area contributed by atoms with Crippen LogP contribution in [0.4, 0.5) is 4.79 Å². The quantitative estimate of drug-likeness (QED) is 0.190. The Balaban J connectivity index is 1.08. The molecule has 0 saturated carbocycles. The number of alkyl carbamates (subject to hydrolysis) is 1. The minimum atomic E-state index is -0.865. The van der Waals surface area contributed by atoms with Crippen molar-refractivity contribution < 1.29 is 28.6 Å². The van der Waals surface area contributed by atoms with Crippen molar-refractivity contribution in [3.05, 3.63) is 64.9 Å². The first-order valence-corrected chi connectivity index (χ1v) is 20.3. The van der Waals surface area contributed by atoms with Crippen LogP contribution >= 0.6 is 0 Å². The number of benzene rings is 2. The highest BCUT2D eigenvalue weighted by Crippen LogP contribution is 2.37. The fourth-order valence-corrected chi connectivity index (χ4v) is 8.60. The molecule has 4 aliphatic heterocycles. The average Bonchev–Trinajstić information content (AvgIpc) is 4.04. The Kier molecular flexibility index (Phi) is 11.3. The van der Waals surface area contributed by atoms with Crippen LogP contribution in [0.15, 0.2) is 36.5 Å².